The molecule has 3 atom stereocenters. The second-order valence-corrected chi connectivity index (χ2v) is 8.26. The summed E-state index contributed by atoms with van der Waals surface area (Å²) in [4.78, 5) is 20.4. The average molecular weight is 482 g/mol. The molecular formula is C21H16ClF4N5O2. The summed E-state index contributed by atoms with van der Waals surface area (Å²) < 4.78 is 62.8. The van der Waals surface area contributed by atoms with Gasteiger partial charge < -0.3 is 15.8 Å². The lowest BCUT2D eigenvalue weighted by Crippen LogP contribution is -2.48. The first-order valence-electron chi connectivity index (χ1n) is 9.71. The van der Waals surface area contributed by atoms with E-state index in [9.17, 15) is 22.4 Å². The predicted octanol–water partition coefficient (Wildman–Crippen LogP) is 3.92. The van der Waals surface area contributed by atoms with Crippen molar-refractivity contribution in [1.29, 1.82) is 5.26 Å². The number of carbonyl (C=O) groups excluding carboxylic acids is 1. The fourth-order valence-corrected chi connectivity index (χ4v) is 4.54. The van der Waals surface area contributed by atoms with Gasteiger partial charge in [-0.05, 0) is 24.3 Å². The van der Waals surface area contributed by atoms with Crippen LogP contribution in [0, 0.1) is 23.1 Å². The van der Waals surface area contributed by atoms with Crippen LogP contribution in [0.3, 0.4) is 0 Å². The van der Waals surface area contributed by atoms with Crippen LogP contribution in [0.5, 0.6) is 0 Å². The monoisotopic (exact) mass is 481 g/mol. The van der Waals surface area contributed by atoms with Crippen molar-refractivity contribution in [3.8, 4) is 6.07 Å². The molecule has 2 aromatic rings. The number of nitriles is 1. The molecule has 12 heteroatoms. The molecule has 172 valence electrons. The van der Waals surface area contributed by atoms with Crippen molar-refractivity contribution < 1.29 is 27.1 Å². The van der Waals surface area contributed by atoms with Crippen LogP contribution in [-0.4, -0.2) is 35.6 Å². The minimum absolute atomic E-state index is 0.0213. The van der Waals surface area contributed by atoms with Gasteiger partial charge in [0.25, 0.3) is 17.9 Å². The molecule has 2 unspecified atom stereocenters. The highest BCUT2D eigenvalue weighted by Crippen LogP contribution is 2.53. The number of rotatable bonds is 4. The van der Waals surface area contributed by atoms with E-state index < -0.39 is 60.7 Å². The van der Waals surface area contributed by atoms with Crippen molar-refractivity contribution in [2.75, 3.05) is 12.0 Å². The van der Waals surface area contributed by atoms with Gasteiger partial charge in [0, 0.05) is 36.2 Å². The van der Waals surface area contributed by atoms with Crippen molar-refractivity contribution in [2.45, 2.75) is 30.4 Å². The summed E-state index contributed by atoms with van der Waals surface area (Å²) in [7, 11) is 0. The Kier molecular flexibility index (Phi) is 5.66. The van der Waals surface area contributed by atoms with Crippen LogP contribution in [0.25, 0.3) is 0 Å². The van der Waals surface area contributed by atoms with Crippen molar-refractivity contribution in [2.24, 2.45) is 16.6 Å². The Labute approximate surface area is 190 Å². The van der Waals surface area contributed by atoms with Crippen LogP contribution < -0.4 is 11.1 Å². The lowest BCUT2D eigenvalue weighted by molar-refractivity contribution is -0.00299. The number of nitrogens with one attached hydrogen (secondary N) is 1. The highest BCUT2D eigenvalue weighted by molar-refractivity contribution is 6.34. The number of hydrogen-bond donors (Lipinski definition) is 2. The summed E-state index contributed by atoms with van der Waals surface area (Å²) in [6, 6.07) is 5.83. The van der Waals surface area contributed by atoms with Crippen LogP contribution in [-0.2, 0) is 10.3 Å². The van der Waals surface area contributed by atoms with E-state index in [0.29, 0.717) is 0 Å². The summed E-state index contributed by atoms with van der Waals surface area (Å²) in [6.07, 6.45) is -1.46. The van der Waals surface area contributed by atoms with Crippen molar-refractivity contribution in [3.05, 3.63) is 58.1 Å². The summed E-state index contributed by atoms with van der Waals surface area (Å²) in [5.41, 5.74) is 3.19. The SMILES string of the molecule is N#Cc1cnc(C(=O)Nc2ccc(F)c(C3(CF)N=C(N)O[C@H]4CC(F)(F)CC43)c2)c(Cl)c1. The molecule has 3 N–H and O–H groups in total. The second-order valence-electron chi connectivity index (χ2n) is 7.85. The van der Waals surface area contributed by atoms with Gasteiger partial charge in [-0.15, -0.1) is 0 Å². The molecule has 0 saturated heterocycles. The van der Waals surface area contributed by atoms with E-state index in [1.165, 1.54) is 12.1 Å². The van der Waals surface area contributed by atoms with Gasteiger partial charge >= 0.3 is 0 Å². The lowest BCUT2D eigenvalue weighted by Gasteiger charge is -2.40. The standard InChI is InChI=1S/C21H16ClF4N5O2/c22-14-3-10(7-27)8-29-17(14)18(32)30-11-1-2-15(24)12(4-11)21(9-23)13-5-20(25,26)6-16(13)33-19(28)31-21/h1-4,8,13,16H,5-6,9H2,(H2,28,31)(H,30,32)/t13?,16-,21?/m0/s1. The van der Waals surface area contributed by atoms with Crippen molar-refractivity contribution in [3.63, 3.8) is 0 Å². The van der Waals surface area contributed by atoms with Crippen LogP contribution in [0.4, 0.5) is 23.2 Å². The lowest BCUT2D eigenvalue weighted by atomic mass is 9.76. The first-order valence-corrected chi connectivity index (χ1v) is 10.1. The van der Waals surface area contributed by atoms with E-state index in [1.54, 1.807) is 0 Å². The molecule has 1 aliphatic heterocycles. The number of hydrogen-bond acceptors (Lipinski definition) is 6. The third-order valence-electron chi connectivity index (χ3n) is 5.74. The largest absolute Gasteiger partial charge is 0.461 e. The van der Waals surface area contributed by atoms with Crippen molar-refractivity contribution in [1.82, 2.24) is 4.98 Å². The predicted molar refractivity (Wildman–Crippen MR) is 110 cm³/mol. The second kappa shape index (κ2) is 8.19. The number of nitrogens with two attached hydrogens (primary N) is 1. The molecule has 2 heterocycles. The molecule has 33 heavy (non-hydrogen) atoms. The number of aliphatic imine (C=N–C) groups is 1. The molecule has 1 fully saturated rings. The smallest absolute Gasteiger partial charge is 0.283 e. The number of carbonyl (C=O) groups is 1. The molecule has 0 radical (unpaired) electrons. The third kappa shape index (κ3) is 4.06. The number of benzene rings is 1. The van der Waals surface area contributed by atoms with Crippen LogP contribution in [0.2, 0.25) is 5.02 Å². The van der Waals surface area contributed by atoms with E-state index >= 15 is 0 Å². The zero-order valence-electron chi connectivity index (χ0n) is 16.8. The van der Waals surface area contributed by atoms with Gasteiger partial charge in [-0.2, -0.15) is 5.26 Å². The van der Waals surface area contributed by atoms with E-state index in [0.717, 1.165) is 18.3 Å². The number of ether oxygens (including phenoxy) is 1. The van der Waals surface area contributed by atoms with Crippen LogP contribution in [0.15, 0.2) is 35.5 Å². The normalized spacial score (nSPS) is 25.4. The maximum atomic E-state index is 14.9. The number of fused-ring (bicyclic) bond motifs is 1. The molecule has 1 amide bonds. The van der Waals surface area contributed by atoms with E-state index in [-0.39, 0.29) is 27.5 Å². The van der Waals surface area contributed by atoms with Crippen molar-refractivity contribution >= 4 is 29.2 Å². The molecule has 0 bridgehead atoms. The summed E-state index contributed by atoms with van der Waals surface area (Å²) in [5, 5.41) is 11.2. The molecule has 1 aromatic carbocycles. The molecule has 1 aromatic heterocycles. The van der Waals surface area contributed by atoms with E-state index in [1.807, 2.05) is 6.07 Å². The Hall–Kier alpha value is -3.39. The van der Waals surface area contributed by atoms with E-state index in [2.05, 4.69) is 15.3 Å². The zero-order chi connectivity index (χ0) is 24.0. The molecule has 0 spiro atoms. The number of halogens is 5. The minimum Gasteiger partial charge on any atom is -0.461 e. The summed E-state index contributed by atoms with van der Waals surface area (Å²) in [5.74, 6) is -6.03. The number of aromatic nitrogens is 1. The maximum absolute atomic E-state index is 14.9. The highest BCUT2D eigenvalue weighted by Gasteiger charge is 2.60. The molecule has 1 aliphatic carbocycles. The van der Waals surface area contributed by atoms with E-state index in [4.69, 9.17) is 27.3 Å². The average Bonchev–Trinajstić information content (AvgIpc) is 3.08. The first-order chi connectivity index (χ1) is 15.6. The fourth-order valence-electron chi connectivity index (χ4n) is 4.29. The molecule has 7 nitrogen and oxygen atoms in total. The van der Waals surface area contributed by atoms with Gasteiger partial charge in [-0.25, -0.2) is 27.5 Å². The zero-order valence-corrected chi connectivity index (χ0v) is 17.5. The Morgan fingerprint density at radius 1 is 1.36 bits per heavy atom. The fraction of sp³-hybridized carbons (Fsp3) is 0.333. The Balaban J connectivity index is 1.71. The molecular weight excluding hydrogens is 466 g/mol. The number of anilines is 1. The Morgan fingerprint density at radius 3 is 2.79 bits per heavy atom. The number of alkyl halides is 3. The van der Waals surface area contributed by atoms with Gasteiger partial charge in [0.15, 0.2) is 0 Å². The molecule has 1 saturated carbocycles. The quantitative estimate of drug-likeness (QED) is 0.642. The number of amides is 1. The highest BCUT2D eigenvalue weighted by atomic mass is 35.5. The number of nitrogens with zero attached hydrogens (tertiary/aromatic N) is 3. The molecule has 2 aliphatic rings. The van der Waals surface area contributed by atoms with Gasteiger partial charge in [-0.3, -0.25) is 4.79 Å². The minimum atomic E-state index is -3.16. The van der Waals surface area contributed by atoms with Gasteiger partial charge in [0.2, 0.25) is 0 Å². The maximum Gasteiger partial charge on any atom is 0.283 e. The van der Waals surface area contributed by atoms with Crippen LogP contribution >= 0.6 is 11.6 Å². The summed E-state index contributed by atoms with van der Waals surface area (Å²) in [6.45, 7) is -1.31. The topological polar surface area (TPSA) is 113 Å². The number of pyridine rings is 1. The summed E-state index contributed by atoms with van der Waals surface area (Å²) >= 11 is 6.00. The number of amidine groups is 1. The first kappa shape index (κ1) is 22.8. The van der Waals surface area contributed by atoms with Crippen LogP contribution in [0.1, 0.15) is 34.5 Å². The Morgan fingerprint density at radius 2 is 2.12 bits per heavy atom. The van der Waals surface area contributed by atoms with Gasteiger partial charge in [-0.1, -0.05) is 11.6 Å². The Bertz CT molecular complexity index is 1200. The van der Waals surface area contributed by atoms with Gasteiger partial charge in [0.1, 0.15) is 35.9 Å². The molecule has 4 rings (SSSR count). The third-order valence-corrected chi connectivity index (χ3v) is 6.03. The van der Waals surface area contributed by atoms with Gasteiger partial charge in [0.05, 0.1) is 10.6 Å².